The van der Waals surface area contributed by atoms with Crippen LogP contribution < -0.4 is 5.32 Å². The molecule has 0 atom stereocenters. The molecule has 1 amide bonds. The van der Waals surface area contributed by atoms with Crippen LogP contribution in [0.2, 0.25) is 0 Å². The summed E-state index contributed by atoms with van der Waals surface area (Å²) in [6.45, 7) is 4.03. The first kappa shape index (κ1) is 13.0. The van der Waals surface area contributed by atoms with Crippen molar-refractivity contribution in [3.8, 4) is 0 Å². The lowest BCUT2D eigenvalue weighted by Crippen LogP contribution is -2.20. The molecule has 1 fully saturated rings. The van der Waals surface area contributed by atoms with Gasteiger partial charge in [-0.25, -0.2) is 0 Å². The molecule has 1 aliphatic rings. The van der Waals surface area contributed by atoms with Gasteiger partial charge in [-0.15, -0.1) is 0 Å². The van der Waals surface area contributed by atoms with Crippen molar-refractivity contribution in [3.63, 3.8) is 0 Å². The van der Waals surface area contributed by atoms with Crippen LogP contribution in [0.4, 0.5) is 5.69 Å². The third kappa shape index (κ3) is 3.54. The Balaban J connectivity index is 1.87. The van der Waals surface area contributed by atoms with Crippen LogP contribution in [0.15, 0.2) is 12.4 Å². The van der Waals surface area contributed by atoms with E-state index in [0.717, 1.165) is 26.1 Å². The first-order valence-electron chi connectivity index (χ1n) is 6.29. The van der Waals surface area contributed by atoms with E-state index in [1.807, 2.05) is 17.8 Å². The van der Waals surface area contributed by atoms with Crippen LogP contribution in [-0.4, -0.2) is 42.1 Å². The van der Waals surface area contributed by atoms with Gasteiger partial charge in [0, 0.05) is 26.0 Å². The monoisotopic (exact) mass is 253 g/mol. The Morgan fingerprint density at radius 2 is 2.39 bits per heavy atom. The van der Waals surface area contributed by atoms with Crippen molar-refractivity contribution >= 4 is 11.6 Å². The number of hydrogen-bond donors (Lipinski definition) is 1. The third-order valence-corrected chi connectivity index (χ3v) is 2.89. The smallest absolute Gasteiger partial charge is 0.250 e. The molecule has 0 spiro atoms. The van der Waals surface area contributed by atoms with Gasteiger partial charge in [-0.1, -0.05) is 0 Å². The number of rotatable bonds is 5. The van der Waals surface area contributed by atoms with Gasteiger partial charge in [-0.05, 0) is 19.8 Å². The predicted molar refractivity (Wildman–Crippen MR) is 66.4 cm³/mol. The average molecular weight is 253 g/mol. The molecule has 0 saturated carbocycles. The van der Waals surface area contributed by atoms with E-state index in [2.05, 4.69) is 10.4 Å². The lowest BCUT2D eigenvalue weighted by Gasteiger charge is -2.22. The highest BCUT2D eigenvalue weighted by molar-refractivity contribution is 5.91. The summed E-state index contributed by atoms with van der Waals surface area (Å²) in [4.78, 5) is 11.5. The number of carbonyl (C=O) groups is 1. The van der Waals surface area contributed by atoms with Crippen LogP contribution in [0.3, 0.4) is 0 Å². The predicted octanol–water partition coefficient (Wildman–Crippen LogP) is 1.21. The number of aromatic nitrogens is 2. The summed E-state index contributed by atoms with van der Waals surface area (Å²) in [5.74, 6) is -0.150. The van der Waals surface area contributed by atoms with E-state index in [4.69, 9.17) is 9.47 Å². The molecule has 2 rings (SSSR count). The van der Waals surface area contributed by atoms with E-state index < -0.39 is 0 Å². The van der Waals surface area contributed by atoms with Gasteiger partial charge in [-0.2, -0.15) is 5.10 Å². The molecule has 1 saturated heterocycles. The molecule has 0 unspecified atom stereocenters. The number of anilines is 1. The van der Waals surface area contributed by atoms with E-state index in [0.29, 0.717) is 18.3 Å². The minimum absolute atomic E-state index is 0.0823. The molecule has 6 heteroatoms. The van der Waals surface area contributed by atoms with Gasteiger partial charge < -0.3 is 14.8 Å². The first-order valence-corrected chi connectivity index (χ1v) is 6.29. The Bertz CT molecular complexity index is 386. The first-order chi connectivity index (χ1) is 8.79. The fraction of sp³-hybridized carbons (Fsp3) is 0.667. The lowest BCUT2D eigenvalue weighted by atomic mass is 10.1. The Morgan fingerprint density at radius 1 is 1.61 bits per heavy atom. The van der Waals surface area contributed by atoms with E-state index in [1.54, 1.807) is 6.20 Å². The fourth-order valence-corrected chi connectivity index (χ4v) is 1.94. The standard InChI is InChI=1S/C12H19N3O3/c1-2-17-9-12(16)14-10-7-13-15(8-10)11-3-5-18-6-4-11/h7-8,11H,2-6,9H2,1H3,(H,14,16). The topological polar surface area (TPSA) is 65.4 Å². The van der Waals surface area contributed by atoms with Gasteiger partial charge in [0.05, 0.1) is 17.9 Å². The summed E-state index contributed by atoms with van der Waals surface area (Å²) in [6.07, 6.45) is 5.46. The van der Waals surface area contributed by atoms with E-state index in [9.17, 15) is 4.79 Å². The number of nitrogens with one attached hydrogen (secondary N) is 1. The number of ether oxygens (including phenoxy) is 2. The van der Waals surface area contributed by atoms with E-state index in [1.165, 1.54) is 0 Å². The highest BCUT2D eigenvalue weighted by Gasteiger charge is 2.16. The summed E-state index contributed by atoms with van der Waals surface area (Å²) in [7, 11) is 0. The van der Waals surface area contributed by atoms with E-state index in [-0.39, 0.29) is 12.5 Å². The van der Waals surface area contributed by atoms with Crippen LogP contribution in [0.25, 0.3) is 0 Å². The molecule has 6 nitrogen and oxygen atoms in total. The minimum atomic E-state index is -0.150. The molecule has 0 bridgehead atoms. The van der Waals surface area contributed by atoms with Crippen LogP contribution in [-0.2, 0) is 14.3 Å². The van der Waals surface area contributed by atoms with Crippen molar-refractivity contribution in [2.24, 2.45) is 0 Å². The summed E-state index contributed by atoms with van der Waals surface area (Å²) in [5.41, 5.74) is 0.714. The van der Waals surface area contributed by atoms with E-state index >= 15 is 0 Å². The zero-order valence-corrected chi connectivity index (χ0v) is 10.6. The molecule has 1 aromatic heterocycles. The van der Waals surface area contributed by atoms with Crippen molar-refractivity contribution < 1.29 is 14.3 Å². The SMILES string of the molecule is CCOCC(=O)Nc1cnn(C2CCOCC2)c1. The van der Waals surface area contributed by atoms with Crippen molar-refractivity contribution in [1.82, 2.24) is 9.78 Å². The molecule has 18 heavy (non-hydrogen) atoms. The second kappa shape index (κ2) is 6.51. The molecule has 1 N–H and O–H groups in total. The quantitative estimate of drug-likeness (QED) is 0.856. The number of carbonyl (C=O) groups excluding carboxylic acids is 1. The number of amides is 1. The normalized spacial score (nSPS) is 16.7. The molecule has 100 valence electrons. The van der Waals surface area contributed by atoms with Crippen LogP contribution >= 0.6 is 0 Å². The summed E-state index contributed by atoms with van der Waals surface area (Å²) in [5, 5.41) is 7.04. The van der Waals surface area contributed by atoms with Crippen molar-refractivity contribution in [1.29, 1.82) is 0 Å². The largest absolute Gasteiger partial charge is 0.381 e. The molecule has 1 aliphatic heterocycles. The van der Waals surface area contributed by atoms with Gasteiger partial charge in [-0.3, -0.25) is 9.48 Å². The molecule has 0 aliphatic carbocycles. The maximum absolute atomic E-state index is 11.5. The van der Waals surface area contributed by atoms with Crippen molar-refractivity contribution in [3.05, 3.63) is 12.4 Å². The maximum atomic E-state index is 11.5. The molecular formula is C12H19N3O3. The Labute approximate surface area is 106 Å². The second-order valence-electron chi connectivity index (χ2n) is 4.24. The zero-order valence-electron chi connectivity index (χ0n) is 10.6. The fourth-order valence-electron chi connectivity index (χ4n) is 1.94. The maximum Gasteiger partial charge on any atom is 0.250 e. The number of hydrogen-bond acceptors (Lipinski definition) is 4. The summed E-state index contributed by atoms with van der Waals surface area (Å²) < 4.78 is 12.2. The summed E-state index contributed by atoms with van der Waals surface area (Å²) >= 11 is 0. The molecule has 1 aromatic rings. The molecule has 0 radical (unpaired) electrons. The minimum Gasteiger partial charge on any atom is -0.381 e. The Kier molecular flexibility index (Phi) is 4.72. The average Bonchev–Trinajstić information content (AvgIpc) is 2.86. The van der Waals surface area contributed by atoms with Gasteiger partial charge in [0.2, 0.25) is 5.91 Å². The highest BCUT2D eigenvalue weighted by Crippen LogP contribution is 2.21. The molecule has 2 heterocycles. The second-order valence-corrected chi connectivity index (χ2v) is 4.24. The molecule has 0 aromatic carbocycles. The summed E-state index contributed by atoms with van der Waals surface area (Å²) in [6, 6.07) is 0.372. The number of nitrogens with zero attached hydrogens (tertiary/aromatic N) is 2. The zero-order chi connectivity index (χ0) is 12.8. The van der Waals surface area contributed by atoms with Gasteiger partial charge in [0.1, 0.15) is 6.61 Å². The van der Waals surface area contributed by atoms with Crippen molar-refractivity contribution in [2.45, 2.75) is 25.8 Å². The van der Waals surface area contributed by atoms with Gasteiger partial charge in [0.15, 0.2) is 0 Å². The Hall–Kier alpha value is -1.40. The van der Waals surface area contributed by atoms with Crippen LogP contribution in [0.1, 0.15) is 25.8 Å². The third-order valence-electron chi connectivity index (χ3n) is 2.89. The van der Waals surface area contributed by atoms with Crippen LogP contribution in [0.5, 0.6) is 0 Å². The molecular weight excluding hydrogens is 234 g/mol. The van der Waals surface area contributed by atoms with Gasteiger partial charge in [0.25, 0.3) is 0 Å². The Morgan fingerprint density at radius 3 is 3.11 bits per heavy atom. The lowest BCUT2D eigenvalue weighted by molar-refractivity contribution is -0.120. The van der Waals surface area contributed by atoms with Crippen molar-refractivity contribution in [2.75, 3.05) is 31.7 Å². The van der Waals surface area contributed by atoms with Gasteiger partial charge >= 0.3 is 0 Å². The highest BCUT2D eigenvalue weighted by atomic mass is 16.5. The van der Waals surface area contributed by atoms with Crippen LogP contribution in [0, 0.1) is 0 Å².